The molecule has 42 heavy (non-hydrogen) atoms. The molecule has 232 valence electrons. The lowest BCUT2D eigenvalue weighted by Gasteiger charge is -2.09. The average Bonchev–Trinajstić information content (AvgIpc) is 3.37. The molecule has 2 aromatic heterocycles. The van der Waals surface area contributed by atoms with E-state index < -0.39 is 9.05 Å². The second-order valence-electron chi connectivity index (χ2n) is 9.10. The minimum Gasteiger partial charge on any atom is -0.361 e. The molecule has 0 fully saturated rings. The van der Waals surface area contributed by atoms with Gasteiger partial charge in [0.05, 0.1) is 7.33 Å². The lowest BCUT2D eigenvalue weighted by Crippen LogP contribution is -1.98. The van der Waals surface area contributed by atoms with Crippen molar-refractivity contribution < 1.29 is 17.5 Å². The van der Waals surface area contributed by atoms with E-state index in [1.807, 2.05) is 34.6 Å². The van der Waals surface area contributed by atoms with Crippen LogP contribution < -0.4 is 0 Å². The van der Waals surface area contributed by atoms with Crippen LogP contribution in [0.3, 0.4) is 0 Å². The van der Waals surface area contributed by atoms with Gasteiger partial charge in [0.1, 0.15) is 22.8 Å². The number of nitrogens with zero attached hydrogens (tertiary/aromatic N) is 2. The number of aromatic nitrogens is 2. The molecular weight excluding hydrogens is 1160 g/mol. The maximum absolute atomic E-state index is 11.6. The first-order valence-corrected chi connectivity index (χ1v) is 21.7. The van der Waals surface area contributed by atoms with Gasteiger partial charge < -0.3 is 9.05 Å². The molecule has 4 rings (SSSR count). The van der Waals surface area contributed by atoms with Gasteiger partial charge in [-0.1, -0.05) is 135 Å². The van der Waals surface area contributed by atoms with Crippen LogP contribution in [0.4, 0.5) is 0 Å². The van der Waals surface area contributed by atoms with E-state index in [9.17, 15) is 8.42 Å². The van der Waals surface area contributed by atoms with E-state index in [2.05, 4.69) is 162 Å². The van der Waals surface area contributed by atoms with Gasteiger partial charge in [-0.05, 0) is 89.8 Å². The third-order valence-corrected chi connectivity index (χ3v) is 8.10. The zero-order chi connectivity index (χ0) is 32.5. The van der Waals surface area contributed by atoms with Crippen LogP contribution in [0.25, 0.3) is 22.5 Å². The van der Waals surface area contributed by atoms with Crippen LogP contribution >= 0.6 is 136 Å². The highest BCUT2D eigenvalue weighted by Crippen LogP contribution is 2.33. The van der Waals surface area contributed by atoms with E-state index in [4.69, 9.17) is 19.7 Å². The van der Waals surface area contributed by atoms with Gasteiger partial charge in [-0.2, -0.15) is 0 Å². The smallest absolute Gasteiger partial charge is 0.261 e. The molecule has 2 heterocycles. The van der Waals surface area contributed by atoms with Gasteiger partial charge in [0.15, 0.2) is 0 Å². The molecule has 0 aliphatic carbocycles. The molecule has 0 aliphatic rings. The number of halogens is 6. The molecule has 2 aromatic carbocycles. The van der Waals surface area contributed by atoms with Gasteiger partial charge in [-0.3, -0.25) is 0 Å². The van der Waals surface area contributed by atoms with Gasteiger partial charge >= 0.3 is 0 Å². The van der Waals surface area contributed by atoms with Crippen molar-refractivity contribution in [2.45, 2.75) is 65.1 Å². The Morgan fingerprint density at radius 1 is 0.738 bits per heavy atom. The zero-order valence-electron chi connectivity index (χ0n) is 24.2. The first kappa shape index (κ1) is 41.1. The van der Waals surface area contributed by atoms with Crippen LogP contribution in [0, 0.1) is 55.4 Å². The first-order valence-electron chi connectivity index (χ1n) is 12.1. The molecule has 0 atom stereocenters. The summed E-state index contributed by atoms with van der Waals surface area (Å²) >= 11 is 15.9. The van der Waals surface area contributed by atoms with E-state index in [0.29, 0.717) is 17.0 Å². The molecule has 4 aromatic rings. The van der Waals surface area contributed by atoms with Crippen LogP contribution in [-0.4, -0.2) is 21.1 Å². The van der Waals surface area contributed by atoms with Gasteiger partial charge in [-0.15, -0.1) is 12.6 Å². The van der Waals surface area contributed by atoms with E-state index in [1.54, 1.807) is 19.1 Å². The number of rotatable bonds is 3. The molecule has 0 saturated heterocycles. The average molecular weight is 1190 g/mol. The van der Waals surface area contributed by atoms with E-state index in [0.717, 1.165) is 44.1 Å². The molecule has 14 heteroatoms. The van der Waals surface area contributed by atoms with Gasteiger partial charge in [0.2, 0.25) is 0 Å². The molecule has 0 bridgehead atoms. The van der Waals surface area contributed by atoms with Crippen molar-refractivity contribution in [3.8, 4) is 22.5 Å². The second-order valence-corrected chi connectivity index (χ2v) is 27.4. The highest BCUT2D eigenvalue weighted by atomic mass is 127. The lowest BCUT2D eigenvalue weighted by atomic mass is 10.0. The van der Waals surface area contributed by atoms with Crippen molar-refractivity contribution >= 4 is 145 Å². The Morgan fingerprint density at radius 2 is 1.10 bits per heavy atom. The summed E-state index contributed by atoms with van der Waals surface area (Å²) in [6, 6.07) is 7.52. The molecule has 0 radical (unpaired) electrons. The van der Waals surface area contributed by atoms with E-state index in [-0.39, 0.29) is 4.90 Å². The van der Waals surface area contributed by atoms with Crippen molar-refractivity contribution in [2.24, 2.45) is 0 Å². The van der Waals surface area contributed by atoms with Crippen molar-refractivity contribution in [1.82, 2.24) is 10.3 Å². The summed E-state index contributed by atoms with van der Waals surface area (Å²) in [7, 11) is 1.68. The normalized spacial score (nSPS) is 10.8. The predicted molar refractivity (Wildman–Crippen MR) is 221 cm³/mol. The van der Waals surface area contributed by atoms with Crippen molar-refractivity contribution in [3.63, 3.8) is 0 Å². The highest BCUT2D eigenvalue weighted by molar-refractivity contribution is 14.3. The summed E-state index contributed by atoms with van der Waals surface area (Å²) in [5.41, 5.74) is 9.32. The second kappa shape index (κ2) is 19.0. The summed E-state index contributed by atoms with van der Waals surface area (Å²) in [4.78, 5) is 1.09. The highest BCUT2D eigenvalue weighted by Gasteiger charge is 2.19. The van der Waals surface area contributed by atoms with Gasteiger partial charge in [-0.25, -0.2) is 8.42 Å². The largest absolute Gasteiger partial charge is 0.361 e. The molecule has 0 unspecified atom stereocenters. The fourth-order valence-electron chi connectivity index (χ4n) is 3.78. The van der Waals surface area contributed by atoms with Crippen LogP contribution in [0.2, 0.25) is 0 Å². The number of aryl methyl sites for hydroxylation is 6. The summed E-state index contributed by atoms with van der Waals surface area (Å²) in [6.45, 7) is 15.4. The first-order chi connectivity index (χ1) is 19.4. The molecule has 0 spiro atoms. The number of hydrogen-bond donors (Lipinski definition) is 1. The van der Waals surface area contributed by atoms with Crippen molar-refractivity contribution in [2.75, 3.05) is 2.43 Å². The van der Waals surface area contributed by atoms with Crippen LogP contribution in [0.5, 0.6) is 0 Å². The molecular formula is C28H32ClI5N2O4S2. The minimum absolute atomic E-state index is 0.106. The molecule has 0 amide bonds. The number of thiol groups is 1. The lowest BCUT2D eigenvalue weighted by molar-refractivity contribution is 0.398. The summed E-state index contributed by atoms with van der Waals surface area (Å²) in [5, 5.41) is 8.09. The van der Waals surface area contributed by atoms with Crippen molar-refractivity contribution in [3.05, 3.63) is 69.2 Å². The zero-order valence-corrected chi connectivity index (χ0v) is 37.5. The quantitative estimate of drug-likeness (QED) is 0.0952. The molecule has 0 aliphatic heterocycles. The number of alkyl halides is 5. The minimum atomic E-state index is -3.77. The Kier molecular flexibility index (Phi) is 18.7. The fraction of sp³-hybridized carbons (Fsp3) is 0.357. The molecule has 6 nitrogen and oxygen atoms in total. The maximum atomic E-state index is 11.6. The fourth-order valence-corrected chi connectivity index (χ4v) is 5.18. The number of benzene rings is 2. The summed E-state index contributed by atoms with van der Waals surface area (Å²) < 4.78 is 35.4. The Morgan fingerprint density at radius 3 is 1.43 bits per heavy atom. The van der Waals surface area contributed by atoms with Crippen molar-refractivity contribution in [1.29, 1.82) is 0 Å². The monoisotopic (exact) mass is 1190 g/mol. The number of hydrogen-bond acceptors (Lipinski definition) is 7. The third kappa shape index (κ3) is 12.4. The van der Waals surface area contributed by atoms with E-state index >= 15 is 0 Å². The topological polar surface area (TPSA) is 86.2 Å². The van der Waals surface area contributed by atoms with E-state index in [1.165, 1.54) is 13.6 Å². The maximum Gasteiger partial charge on any atom is 0.261 e. The molecule has 0 saturated carbocycles. The standard InChI is InChI=1S/C13H14ClNO3S.C13H15NOS.CHI3.CH2I2/c1-7-5-8(2)12(19(14,16)17)6-11(7)13-9(3)10(4)18-15-13;1-7-5-8(2)12(16)6-11(7)13-9(3)10(4)15-14-13;2-1(3)4;2-1-3/h5-6H,1-4H3;5-6,16H,1-4H3;1H;1H2. The van der Waals surface area contributed by atoms with Crippen LogP contribution in [0.1, 0.15) is 44.9 Å². The van der Waals surface area contributed by atoms with Crippen LogP contribution in [-0.2, 0) is 9.05 Å². The Bertz CT molecular complexity index is 1600. The summed E-state index contributed by atoms with van der Waals surface area (Å²) in [6.07, 6.45) is 0. The Hall–Kier alpha value is 1.10. The predicted octanol–water partition coefficient (Wildman–Crippen LogP) is 11.8. The Labute approximate surface area is 327 Å². The third-order valence-electron chi connectivity index (χ3n) is 6.15. The summed E-state index contributed by atoms with van der Waals surface area (Å²) in [5.74, 6) is 1.58. The SMILES string of the molecule is Cc1cc(C)c(-c2noc(C)c2C)cc1S.Cc1cc(C)c(S(=O)(=O)Cl)cc1-c1noc(C)c1C.IC(I)I.ICI. The Balaban J connectivity index is 0.000000347. The van der Waals surface area contributed by atoms with Gasteiger partial charge in [0, 0.05) is 37.8 Å². The van der Waals surface area contributed by atoms with Crippen LogP contribution in [0.15, 0.2) is 43.1 Å². The van der Waals surface area contributed by atoms with Gasteiger partial charge in [0.25, 0.3) is 9.05 Å². The molecule has 0 N–H and O–H groups in total.